The minimum atomic E-state index is -0.187. The summed E-state index contributed by atoms with van der Waals surface area (Å²) in [6, 6.07) is 30.5. The average molecular weight is 713 g/mol. The predicted octanol–water partition coefficient (Wildman–Crippen LogP) is 6.70. The molecule has 14 heteroatoms. The van der Waals surface area contributed by atoms with Crippen molar-refractivity contribution in [2.45, 2.75) is 13.8 Å². The molecule has 0 aliphatic rings. The lowest BCUT2D eigenvalue weighted by Gasteiger charge is -2.05. The lowest BCUT2D eigenvalue weighted by molar-refractivity contribution is 0.102. The van der Waals surface area contributed by atoms with Crippen molar-refractivity contribution >= 4 is 67.1 Å². The molecule has 14 nitrogen and oxygen atoms in total. The third-order valence-corrected chi connectivity index (χ3v) is 9.31. The Kier molecular flexibility index (Phi) is 7.44. The smallest absolute Gasteiger partial charge is 0.214 e. The van der Waals surface area contributed by atoms with Gasteiger partial charge < -0.3 is 31.4 Å². The van der Waals surface area contributed by atoms with Crippen LogP contribution in [-0.4, -0.2) is 61.0 Å². The molecule has 0 radical (unpaired) electrons. The Balaban J connectivity index is 0.000000142. The summed E-state index contributed by atoms with van der Waals surface area (Å²) in [6.07, 6.45) is 3.01. The summed E-state index contributed by atoms with van der Waals surface area (Å²) in [6.45, 7) is 3.80. The Labute approximate surface area is 305 Å². The van der Waals surface area contributed by atoms with Gasteiger partial charge in [0.15, 0.2) is 0 Å². The van der Waals surface area contributed by atoms with Gasteiger partial charge >= 0.3 is 0 Å². The van der Waals surface area contributed by atoms with Gasteiger partial charge in [-0.15, -0.1) is 0 Å². The third kappa shape index (κ3) is 5.54. The van der Waals surface area contributed by atoms with E-state index < -0.39 is 0 Å². The number of aromatic amines is 4. The molecule has 10 aromatic rings. The molecule has 6 heterocycles. The first-order valence-electron chi connectivity index (χ1n) is 17.1. The van der Waals surface area contributed by atoms with Crippen LogP contribution in [0.2, 0.25) is 0 Å². The van der Waals surface area contributed by atoms with Crippen LogP contribution in [0.1, 0.15) is 43.8 Å². The van der Waals surface area contributed by atoms with Crippen molar-refractivity contribution in [2.75, 3.05) is 11.5 Å². The summed E-state index contributed by atoms with van der Waals surface area (Å²) < 4.78 is 3.12. The van der Waals surface area contributed by atoms with E-state index in [9.17, 15) is 9.59 Å². The van der Waals surface area contributed by atoms with E-state index in [4.69, 9.17) is 11.5 Å². The van der Waals surface area contributed by atoms with E-state index in [1.165, 1.54) is 12.4 Å². The van der Waals surface area contributed by atoms with Crippen molar-refractivity contribution in [1.29, 1.82) is 0 Å². The first-order valence-corrected chi connectivity index (χ1v) is 17.1. The van der Waals surface area contributed by atoms with Gasteiger partial charge in [0.2, 0.25) is 11.6 Å². The molecule has 0 saturated heterocycles. The molecular weight excluding hydrogens is 681 g/mol. The van der Waals surface area contributed by atoms with Gasteiger partial charge in [0.1, 0.15) is 23.3 Å². The van der Waals surface area contributed by atoms with Crippen LogP contribution in [0.15, 0.2) is 109 Å². The number of nitrogen functional groups attached to an aromatic ring is 2. The Hall–Kier alpha value is -7.74. The van der Waals surface area contributed by atoms with E-state index in [2.05, 4.69) is 40.1 Å². The molecule has 0 amide bonds. The maximum atomic E-state index is 12.9. The van der Waals surface area contributed by atoms with Gasteiger partial charge in [0.25, 0.3) is 0 Å². The second-order valence-corrected chi connectivity index (χ2v) is 13.0. The van der Waals surface area contributed by atoms with Gasteiger partial charge in [-0.25, -0.2) is 19.3 Å². The van der Waals surface area contributed by atoms with Gasteiger partial charge in [-0.2, -0.15) is 10.2 Å². The molecule has 10 rings (SSSR count). The topological polar surface area (TPSA) is 211 Å². The van der Waals surface area contributed by atoms with Crippen LogP contribution in [0.5, 0.6) is 0 Å². The number of aromatic nitrogens is 10. The first-order chi connectivity index (χ1) is 26.2. The quantitative estimate of drug-likeness (QED) is 0.102. The number of aryl methyl sites for hydroxylation is 2. The van der Waals surface area contributed by atoms with Crippen molar-refractivity contribution in [3.05, 3.63) is 144 Å². The average Bonchev–Trinajstić information content (AvgIpc) is 4.02. The molecule has 0 fully saturated rings. The number of carbonyl (C=O) groups is 2. The molecule has 0 saturated carbocycles. The number of para-hydroxylation sites is 2. The highest BCUT2D eigenvalue weighted by atomic mass is 16.1. The number of rotatable bonds is 6. The summed E-state index contributed by atoms with van der Waals surface area (Å²) in [4.78, 5) is 47.3. The minimum absolute atomic E-state index is 0.187. The van der Waals surface area contributed by atoms with E-state index >= 15 is 0 Å². The van der Waals surface area contributed by atoms with Gasteiger partial charge in [0, 0.05) is 21.8 Å². The van der Waals surface area contributed by atoms with Crippen LogP contribution in [0.3, 0.4) is 0 Å². The van der Waals surface area contributed by atoms with Gasteiger partial charge in [-0.1, -0.05) is 36.4 Å². The van der Waals surface area contributed by atoms with Crippen molar-refractivity contribution in [2.24, 2.45) is 0 Å². The number of anilines is 2. The van der Waals surface area contributed by atoms with E-state index in [1.54, 1.807) is 9.36 Å². The van der Waals surface area contributed by atoms with Crippen LogP contribution in [-0.2, 0) is 0 Å². The number of nitrogens with two attached hydrogens (primary N) is 2. The highest BCUT2D eigenvalue weighted by Gasteiger charge is 2.21. The Morgan fingerprint density at radius 3 is 1.39 bits per heavy atom. The molecular formula is C40H32N12O2. The van der Waals surface area contributed by atoms with E-state index in [0.717, 1.165) is 66.9 Å². The van der Waals surface area contributed by atoms with Crippen LogP contribution in [0, 0.1) is 13.8 Å². The Bertz CT molecular complexity index is 2790. The second-order valence-electron chi connectivity index (χ2n) is 13.0. The fourth-order valence-electron chi connectivity index (χ4n) is 6.67. The monoisotopic (exact) mass is 712 g/mol. The molecule has 0 aliphatic carbocycles. The van der Waals surface area contributed by atoms with Crippen LogP contribution < -0.4 is 11.5 Å². The minimum Gasteiger partial charge on any atom is -0.383 e. The first kappa shape index (κ1) is 32.2. The van der Waals surface area contributed by atoms with Gasteiger partial charge in [-0.05, 0) is 74.5 Å². The molecule has 4 aromatic carbocycles. The lowest BCUT2D eigenvalue weighted by Crippen LogP contribution is -2.07. The molecule has 0 spiro atoms. The molecule has 54 heavy (non-hydrogen) atoms. The summed E-state index contributed by atoms with van der Waals surface area (Å²) in [5, 5.41) is 10.6. The number of hydrogen-bond donors (Lipinski definition) is 6. The van der Waals surface area contributed by atoms with Crippen molar-refractivity contribution in [3.8, 4) is 11.4 Å². The summed E-state index contributed by atoms with van der Waals surface area (Å²) in [7, 11) is 0. The number of carbonyl (C=O) groups excluding carboxylic acids is 2. The number of nitrogens with one attached hydrogen (secondary N) is 4. The third-order valence-electron chi connectivity index (χ3n) is 9.31. The maximum Gasteiger partial charge on any atom is 0.214 e. The second kappa shape index (κ2) is 12.5. The molecule has 6 aromatic heterocycles. The number of H-pyrrole nitrogens is 4. The van der Waals surface area contributed by atoms with Crippen molar-refractivity contribution in [1.82, 2.24) is 49.5 Å². The van der Waals surface area contributed by atoms with Gasteiger partial charge in [-0.3, -0.25) is 9.59 Å². The molecule has 0 unspecified atom stereocenters. The van der Waals surface area contributed by atoms with Crippen LogP contribution >= 0.6 is 0 Å². The molecule has 8 N–H and O–H groups in total. The zero-order valence-electron chi connectivity index (χ0n) is 29.0. The molecule has 0 atom stereocenters. The highest BCUT2D eigenvalue weighted by molar-refractivity contribution is 6.13. The standard InChI is InChI=1S/2C20H16N6O/c2*1-11-23-16-7-6-13(9-17(16)24-11)26-20(21)14(10-22-26)19(27)18-8-12-4-2-3-5-15(12)25-18/h2*2-10,25H,21H2,1H3,(H,23,24). The number of benzene rings is 4. The number of ketones is 2. The Morgan fingerprint density at radius 2 is 0.963 bits per heavy atom. The summed E-state index contributed by atoms with van der Waals surface area (Å²) in [5.74, 6) is 1.90. The van der Waals surface area contributed by atoms with Crippen molar-refractivity contribution in [3.63, 3.8) is 0 Å². The fraction of sp³-hybridized carbons (Fsp3) is 0.0500. The summed E-state index contributed by atoms with van der Waals surface area (Å²) >= 11 is 0. The van der Waals surface area contributed by atoms with E-state index in [0.29, 0.717) is 34.2 Å². The Morgan fingerprint density at radius 1 is 0.537 bits per heavy atom. The molecule has 0 bridgehead atoms. The highest BCUT2D eigenvalue weighted by Crippen LogP contribution is 2.26. The lowest BCUT2D eigenvalue weighted by atomic mass is 10.1. The maximum absolute atomic E-state index is 12.9. The summed E-state index contributed by atoms with van der Waals surface area (Å²) in [5.41, 5.74) is 21.1. The SMILES string of the molecule is Cc1nc2ccc(-n3ncc(C(=O)c4cc5ccccc5[nH]4)c3N)cc2[nH]1.Cc1nc2ccc(-n3ncc(C(=O)c4cc5ccccc5[nH]4)c3N)cc2[nH]1. The van der Waals surface area contributed by atoms with E-state index in [-0.39, 0.29) is 11.6 Å². The van der Waals surface area contributed by atoms with Crippen molar-refractivity contribution < 1.29 is 9.59 Å². The molecule has 0 aliphatic heterocycles. The zero-order valence-corrected chi connectivity index (χ0v) is 29.0. The van der Waals surface area contributed by atoms with Crippen LogP contribution in [0.25, 0.3) is 55.2 Å². The number of fused-ring (bicyclic) bond motifs is 4. The van der Waals surface area contributed by atoms with Crippen LogP contribution in [0.4, 0.5) is 11.6 Å². The predicted molar refractivity (Wildman–Crippen MR) is 208 cm³/mol. The van der Waals surface area contributed by atoms with E-state index in [1.807, 2.05) is 111 Å². The number of imidazole rings is 2. The normalized spacial score (nSPS) is 11.4. The molecule has 264 valence electrons. The number of hydrogen-bond acceptors (Lipinski definition) is 8. The zero-order chi connectivity index (χ0) is 37.1. The largest absolute Gasteiger partial charge is 0.383 e. The van der Waals surface area contributed by atoms with Gasteiger partial charge in [0.05, 0.1) is 68.4 Å². The fourth-order valence-corrected chi connectivity index (χ4v) is 6.67. The number of nitrogens with zero attached hydrogens (tertiary/aromatic N) is 6.